The second-order valence-corrected chi connectivity index (χ2v) is 6.78. The number of nitrogens with zero attached hydrogens (tertiary/aromatic N) is 1. The molecule has 1 saturated heterocycles. The average molecular weight is 375 g/mol. The van der Waals surface area contributed by atoms with E-state index in [9.17, 15) is 20.4 Å². The summed E-state index contributed by atoms with van der Waals surface area (Å²) < 4.78 is 17.0. The Morgan fingerprint density at radius 3 is 2.74 bits per heavy atom. The molecule has 2 heterocycles. The lowest BCUT2D eigenvalue weighted by Gasteiger charge is -2.39. The molecule has 8 nitrogen and oxygen atoms in total. The molecular weight excluding hydrogens is 354 g/mol. The number of allylic oxidation sites excluding steroid dienone is 1. The predicted octanol–water partition coefficient (Wildman–Crippen LogP) is 0.215. The van der Waals surface area contributed by atoms with Crippen LogP contribution in [0.4, 0.5) is 5.69 Å². The van der Waals surface area contributed by atoms with E-state index in [2.05, 4.69) is 11.6 Å². The van der Waals surface area contributed by atoms with Gasteiger partial charge in [-0.3, -0.25) is 0 Å². The predicted molar refractivity (Wildman–Crippen MR) is 95.2 cm³/mol. The summed E-state index contributed by atoms with van der Waals surface area (Å²) in [7, 11) is 0. The molecule has 0 radical (unpaired) electrons. The van der Waals surface area contributed by atoms with Gasteiger partial charge >= 0.3 is 0 Å². The van der Waals surface area contributed by atoms with Gasteiger partial charge in [0, 0.05) is 12.5 Å². The normalized spacial score (nSPS) is 35.0. The van der Waals surface area contributed by atoms with E-state index in [0.29, 0.717) is 23.6 Å². The van der Waals surface area contributed by atoms with Crippen molar-refractivity contribution in [3.63, 3.8) is 0 Å². The Hall–Kier alpha value is -2.23. The molecule has 6 atom stereocenters. The van der Waals surface area contributed by atoms with Crippen molar-refractivity contribution in [3.05, 3.63) is 42.5 Å². The topological polar surface area (TPSA) is 121 Å². The van der Waals surface area contributed by atoms with Crippen LogP contribution in [0.3, 0.4) is 0 Å². The lowest BCUT2D eigenvalue weighted by molar-refractivity contribution is -0.277. The van der Waals surface area contributed by atoms with Crippen molar-refractivity contribution >= 4 is 11.4 Å². The maximum absolute atomic E-state index is 10.1. The maximum atomic E-state index is 10.1. The summed E-state index contributed by atoms with van der Waals surface area (Å²) in [4.78, 5) is 4.57. The van der Waals surface area contributed by atoms with Gasteiger partial charge in [-0.15, -0.1) is 0 Å². The van der Waals surface area contributed by atoms with E-state index in [-0.39, 0.29) is 6.10 Å². The Morgan fingerprint density at radius 1 is 1.15 bits per heavy atom. The number of aliphatic hydroxyl groups excluding tert-OH is 4. The van der Waals surface area contributed by atoms with Crippen LogP contribution >= 0.6 is 0 Å². The van der Waals surface area contributed by atoms with Crippen molar-refractivity contribution in [2.24, 2.45) is 4.99 Å². The summed E-state index contributed by atoms with van der Waals surface area (Å²) in [6.07, 6.45) is -2.45. The standard InChI is InChI=1S/C19H21NO7/c1-9-2-4-11-13(6-9)26-14-7-10(3-5-12(14)20-11)25-19-18(24)17(23)16(22)15(8-21)27-19/h2-5,7,13,15-19,21-24H,1,6,8H2. The zero-order chi connectivity index (χ0) is 19.1. The molecule has 4 rings (SSSR count). The maximum Gasteiger partial charge on any atom is 0.229 e. The van der Waals surface area contributed by atoms with E-state index in [1.165, 1.54) is 0 Å². The highest BCUT2D eigenvalue weighted by molar-refractivity contribution is 6.03. The molecule has 144 valence electrons. The van der Waals surface area contributed by atoms with Crippen molar-refractivity contribution in [3.8, 4) is 11.5 Å². The molecule has 0 saturated carbocycles. The fourth-order valence-corrected chi connectivity index (χ4v) is 3.28. The van der Waals surface area contributed by atoms with Gasteiger partial charge in [-0.25, -0.2) is 4.99 Å². The number of ether oxygens (including phenoxy) is 3. The SMILES string of the molecule is C=C1C=CC2=Nc3ccc(OC4OC(CO)C(O)C(O)C4O)cc3OC2C1. The minimum atomic E-state index is -1.50. The fraction of sp³-hybridized carbons (Fsp3) is 0.421. The molecule has 1 fully saturated rings. The minimum absolute atomic E-state index is 0.211. The third-order valence-corrected chi connectivity index (χ3v) is 4.82. The summed E-state index contributed by atoms with van der Waals surface area (Å²) in [5.41, 5.74) is 2.44. The van der Waals surface area contributed by atoms with Crippen LogP contribution < -0.4 is 9.47 Å². The van der Waals surface area contributed by atoms with Crippen molar-refractivity contribution in [2.45, 2.75) is 43.2 Å². The first-order chi connectivity index (χ1) is 13.0. The van der Waals surface area contributed by atoms with Crippen molar-refractivity contribution in [2.75, 3.05) is 6.61 Å². The highest BCUT2D eigenvalue weighted by Gasteiger charge is 2.44. The quantitative estimate of drug-likeness (QED) is 0.596. The van der Waals surface area contributed by atoms with Gasteiger partial charge in [0.15, 0.2) is 0 Å². The monoisotopic (exact) mass is 375 g/mol. The van der Waals surface area contributed by atoms with Gasteiger partial charge in [0.25, 0.3) is 0 Å². The van der Waals surface area contributed by atoms with Crippen molar-refractivity contribution in [1.29, 1.82) is 0 Å². The molecule has 1 aromatic rings. The van der Waals surface area contributed by atoms with Crippen LogP contribution in [0, 0.1) is 0 Å². The van der Waals surface area contributed by atoms with Gasteiger partial charge < -0.3 is 34.6 Å². The van der Waals surface area contributed by atoms with Gasteiger partial charge in [0.1, 0.15) is 47.7 Å². The Bertz CT molecular complexity index is 803. The number of hydrogen-bond donors (Lipinski definition) is 4. The van der Waals surface area contributed by atoms with E-state index in [4.69, 9.17) is 14.2 Å². The Morgan fingerprint density at radius 2 is 1.96 bits per heavy atom. The van der Waals surface area contributed by atoms with E-state index < -0.39 is 37.3 Å². The van der Waals surface area contributed by atoms with Crippen LogP contribution in [0.5, 0.6) is 11.5 Å². The highest BCUT2D eigenvalue weighted by atomic mass is 16.7. The Kier molecular flexibility index (Phi) is 4.75. The number of hydrogen-bond acceptors (Lipinski definition) is 8. The summed E-state index contributed by atoms with van der Waals surface area (Å²) in [5.74, 6) is 0.857. The molecular formula is C19H21NO7. The van der Waals surface area contributed by atoms with Gasteiger partial charge in [0.2, 0.25) is 6.29 Å². The molecule has 2 aliphatic heterocycles. The number of benzene rings is 1. The third-order valence-electron chi connectivity index (χ3n) is 4.82. The lowest BCUT2D eigenvalue weighted by Crippen LogP contribution is -2.60. The molecule has 4 N–H and O–H groups in total. The van der Waals surface area contributed by atoms with Gasteiger partial charge in [0.05, 0.1) is 12.3 Å². The van der Waals surface area contributed by atoms with Gasteiger partial charge in [-0.2, -0.15) is 0 Å². The van der Waals surface area contributed by atoms with Crippen LogP contribution in [0.25, 0.3) is 0 Å². The molecule has 6 unspecified atom stereocenters. The molecule has 0 aromatic heterocycles. The minimum Gasteiger partial charge on any atom is -0.481 e. The number of rotatable bonds is 3. The van der Waals surface area contributed by atoms with Crippen LogP contribution in [-0.4, -0.2) is 69.6 Å². The third kappa shape index (κ3) is 3.38. The molecule has 0 amide bonds. The fourth-order valence-electron chi connectivity index (χ4n) is 3.28. The largest absolute Gasteiger partial charge is 0.481 e. The van der Waals surface area contributed by atoms with Crippen LogP contribution in [0.15, 0.2) is 47.5 Å². The Labute approximate surface area is 155 Å². The highest BCUT2D eigenvalue weighted by Crippen LogP contribution is 2.38. The van der Waals surface area contributed by atoms with Crippen LogP contribution in [0.2, 0.25) is 0 Å². The van der Waals surface area contributed by atoms with Crippen molar-refractivity contribution in [1.82, 2.24) is 0 Å². The first kappa shape index (κ1) is 18.1. The van der Waals surface area contributed by atoms with Gasteiger partial charge in [-0.05, 0) is 18.2 Å². The first-order valence-corrected chi connectivity index (χ1v) is 8.68. The van der Waals surface area contributed by atoms with Crippen molar-refractivity contribution < 1.29 is 34.6 Å². The molecule has 3 aliphatic rings. The van der Waals surface area contributed by atoms with E-state index in [1.54, 1.807) is 18.2 Å². The van der Waals surface area contributed by atoms with E-state index >= 15 is 0 Å². The molecule has 0 bridgehead atoms. The Balaban J connectivity index is 1.54. The summed E-state index contributed by atoms with van der Waals surface area (Å²) in [6.45, 7) is 3.42. The number of aliphatic imine (C=N–C) groups is 1. The average Bonchev–Trinajstić information content (AvgIpc) is 2.66. The van der Waals surface area contributed by atoms with E-state index in [1.807, 2.05) is 12.2 Å². The zero-order valence-electron chi connectivity index (χ0n) is 14.4. The lowest BCUT2D eigenvalue weighted by atomic mass is 9.97. The molecule has 1 aromatic carbocycles. The van der Waals surface area contributed by atoms with E-state index in [0.717, 1.165) is 11.3 Å². The number of aliphatic hydroxyl groups is 4. The zero-order valence-corrected chi connectivity index (χ0v) is 14.4. The molecule has 0 spiro atoms. The summed E-state index contributed by atoms with van der Waals surface area (Å²) >= 11 is 0. The summed E-state index contributed by atoms with van der Waals surface area (Å²) in [6, 6.07) is 4.98. The second kappa shape index (κ2) is 7.06. The molecule has 1 aliphatic carbocycles. The van der Waals surface area contributed by atoms with Crippen LogP contribution in [-0.2, 0) is 4.74 Å². The first-order valence-electron chi connectivity index (χ1n) is 8.68. The van der Waals surface area contributed by atoms with Crippen LogP contribution in [0.1, 0.15) is 6.42 Å². The smallest absolute Gasteiger partial charge is 0.229 e. The molecule has 8 heteroatoms. The van der Waals surface area contributed by atoms with Gasteiger partial charge in [-0.1, -0.05) is 18.2 Å². The number of fused-ring (bicyclic) bond motifs is 2. The summed E-state index contributed by atoms with van der Waals surface area (Å²) in [5, 5.41) is 39.0. The molecule has 27 heavy (non-hydrogen) atoms. The second-order valence-electron chi connectivity index (χ2n) is 6.78.